The molecule has 6 heteroatoms. The maximum atomic E-state index is 10.6. The first-order valence-electron chi connectivity index (χ1n) is 9.36. The molecule has 2 rings (SSSR count). The van der Waals surface area contributed by atoms with Crippen molar-refractivity contribution in [3.63, 3.8) is 0 Å². The zero-order chi connectivity index (χ0) is 21.0. The molecule has 0 spiro atoms. The molecule has 158 valence electrons. The number of benzene rings is 1. The van der Waals surface area contributed by atoms with Gasteiger partial charge in [-0.1, -0.05) is 33.8 Å². The minimum absolute atomic E-state index is 0. The Labute approximate surface area is 174 Å². The number of rotatable bonds is 3. The van der Waals surface area contributed by atoms with Crippen LogP contribution in [0.1, 0.15) is 87.1 Å². The van der Waals surface area contributed by atoms with Gasteiger partial charge in [0.25, 0.3) is 0 Å². The zero-order valence-electron chi connectivity index (χ0n) is 18.0. The molecule has 0 bridgehead atoms. The summed E-state index contributed by atoms with van der Waals surface area (Å²) in [7, 11) is 0. The largest absolute Gasteiger partial charge is 0.478 e. The van der Waals surface area contributed by atoms with Crippen molar-refractivity contribution < 1.29 is 19.8 Å². The highest BCUT2D eigenvalue weighted by atomic mass is 35.5. The van der Waals surface area contributed by atoms with Gasteiger partial charge >= 0.3 is 11.9 Å². The van der Waals surface area contributed by atoms with Gasteiger partial charge in [0, 0.05) is 11.8 Å². The van der Waals surface area contributed by atoms with E-state index < -0.39 is 11.9 Å². The Morgan fingerprint density at radius 1 is 0.964 bits per heavy atom. The lowest BCUT2D eigenvalue weighted by Crippen LogP contribution is -2.34. The molecule has 1 fully saturated rings. The van der Waals surface area contributed by atoms with E-state index in [9.17, 15) is 9.59 Å². The quantitative estimate of drug-likeness (QED) is 0.649. The summed E-state index contributed by atoms with van der Waals surface area (Å²) in [4.78, 5) is 26.0. The second-order valence-corrected chi connectivity index (χ2v) is 9.24. The molecule has 0 aliphatic heterocycles. The van der Waals surface area contributed by atoms with Crippen LogP contribution in [0.3, 0.4) is 0 Å². The van der Waals surface area contributed by atoms with Gasteiger partial charge in [0.05, 0.1) is 11.1 Å². The molecule has 2 N–H and O–H groups in total. The Morgan fingerprint density at radius 3 is 1.68 bits per heavy atom. The fourth-order valence-corrected chi connectivity index (χ4v) is 4.14. The molecule has 0 aromatic heterocycles. The van der Waals surface area contributed by atoms with Crippen LogP contribution >= 0.6 is 12.4 Å². The topological polar surface area (TPSA) is 87.0 Å². The lowest BCUT2D eigenvalue weighted by atomic mass is 9.64. The van der Waals surface area contributed by atoms with Crippen LogP contribution in [-0.2, 0) is 0 Å². The van der Waals surface area contributed by atoms with Gasteiger partial charge < -0.3 is 10.2 Å². The number of nitrogens with zero attached hydrogens (tertiary/aromatic N) is 1. The molecule has 0 radical (unpaired) electrons. The predicted octanol–water partition coefficient (Wildman–Crippen LogP) is 5.89. The van der Waals surface area contributed by atoms with E-state index in [1.807, 2.05) is 0 Å². The van der Waals surface area contributed by atoms with Crippen LogP contribution < -0.4 is 0 Å². The first-order valence-corrected chi connectivity index (χ1v) is 9.36. The maximum absolute atomic E-state index is 10.6. The van der Waals surface area contributed by atoms with Gasteiger partial charge in [-0.15, -0.1) is 12.4 Å². The summed E-state index contributed by atoms with van der Waals surface area (Å²) in [6.45, 7) is 15.3. The van der Waals surface area contributed by atoms with Gasteiger partial charge in [0.15, 0.2) is 0 Å². The van der Waals surface area contributed by atoms with Crippen LogP contribution in [0.2, 0.25) is 0 Å². The van der Waals surface area contributed by atoms with Gasteiger partial charge in [-0.2, -0.15) is 0 Å². The van der Waals surface area contributed by atoms with Crippen molar-refractivity contribution in [1.29, 1.82) is 0 Å². The SMILES string of the molecule is CC(C)N=C1CC(C)(C)CC(C)(C)C1.Cc1c(C(=O)O)cccc1C(=O)O.Cl. The lowest BCUT2D eigenvalue weighted by Gasteiger charge is -2.41. The number of hydrogen-bond donors (Lipinski definition) is 2. The van der Waals surface area contributed by atoms with Crippen molar-refractivity contribution in [3.8, 4) is 0 Å². The molecule has 1 aliphatic rings. The van der Waals surface area contributed by atoms with Crippen LogP contribution in [0, 0.1) is 17.8 Å². The molecule has 0 atom stereocenters. The summed E-state index contributed by atoms with van der Waals surface area (Å²) in [5.74, 6) is -2.22. The van der Waals surface area contributed by atoms with E-state index in [0.29, 0.717) is 16.9 Å². The number of aromatic carboxylic acids is 2. The molecule has 1 saturated carbocycles. The first kappa shape index (κ1) is 26.1. The van der Waals surface area contributed by atoms with E-state index in [1.54, 1.807) is 0 Å². The van der Waals surface area contributed by atoms with Crippen molar-refractivity contribution in [2.45, 2.75) is 73.8 Å². The Hall–Kier alpha value is -1.88. The van der Waals surface area contributed by atoms with E-state index in [2.05, 4.69) is 41.5 Å². The van der Waals surface area contributed by atoms with E-state index in [1.165, 1.54) is 50.1 Å². The molecule has 1 aromatic carbocycles. The number of carboxylic acid groups (broad SMARTS) is 2. The molecule has 5 nitrogen and oxygen atoms in total. The van der Waals surface area contributed by atoms with Gasteiger partial charge in [-0.3, -0.25) is 4.99 Å². The number of halogens is 1. The van der Waals surface area contributed by atoms with Gasteiger partial charge in [-0.25, -0.2) is 9.59 Å². The first-order chi connectivity index (χ1) is 12.2. The maximum Gasteiger partial charge on any atom is 0.335 e. The van der Waals surface area contributed by atoms with Crippen LogP contribution in [-0.4, -0.2) is 33.9 Å². The second kappa shape index (κ2) is 10.1. The summed E-state index contributed by atoms with van der Waals surface area (Å²) in [6.07, 6.45) is 3.69. The average molecular weight is 412 g/mol. The van der Waals surface area contributed by atoms with Crippen molar-refractivity contribution in [1.82, 2.24) is 0 Å². The third-order valence-corrected chi connectivity index (χ3v) is 4.56. The minimum atomic E-state index is -1.11. The van der Waals surface area contributed by atoms with Crippen molar-refractivity contribution in [3.05, 3.63) is 34.9 Å². The number of carbonyl (C=O) groups is 2. The monoisotopic (exact) mass is 411 g/mol. The van der Waals surface area contributed by atoms with E-state index in [4.69, 9.17) is 15.2 Å². The van der Waals surface area contributed by atoms with Crippen molar-refractivity contribution in [2.75, 3.05) is 0 Å². The lowest BCUT2D eigenvalue weighted by molar-refractivity contribution is 0.0696. The van der Waals surface area contributed by atoms with Crippen molar-refractivity contribution in [2.24, 2.45) is 15.8 Å². The average Bonchev–Trinajstić information content (AvgIpc) is 2.43. The molecule has 1 aromatic rings. The molecule has 0 saturated heterocycles. The van der Waals surface area contributed by atoms with E-state index >= 15 is 0 Å². The number of carboxylic acids is 2. The Balaban J connectivity index is 0.000000504. The van der Waals surface area contributed by atoms with Crippen LogP contribution in [0.15, 0.2) is 23.2 Å². The molecule has 28 heavy (non-hydrogen) atoms. The van der Waals surface area contributed by atoms with Crippen LogP contribution in [0.25, 0.3) is 0 Å². The molecule has 0 unspecified atom stereocenters. The molecule has 0 amide bonds. The highest BCUT2D eigenvalue weighted by molar-refractivity contribution is 5.96. The molecular formula is C22H34ClNO4. The van der Waals surface area contributed by atoms with Gasteiger partial charge in [0.1, 0.15) is 0 Å². The Bertz CT molecular complexity index is 686. The molecular weight excluding hydrogens is 378 g/mol. The van der Waals surface area contributed by atoms with Crippen molar-refractivity contribution >= 4 is 30.1 Å². The zero-order valence-corrected chi connectivity index (χ0v) is 18.8. The summed E-state index contributed by atoms with van der Waals surface area (Å²) in [5, 5.41) is 17.4. The highest BCUT2D eigenvalue weighted by Crippen LogP contribution is 2.44. The third kappa shape index (κ3) is 8.01. The summed E-state index contributed by atoms with van der Waals surface area (Å²) in [5.41, 5.74) is 2.65. The fraction of sp³-hybridized carbons (Fsp3) is 0.591. The fourth-order valence-electron chi connectivity index (χ4n) is 4.14. The standard InChI is InChI=1S/C13H25N.C9H8O4.ClH/c1-10(2)14-11-7-12(3,4)9-13(5,6)8-11;1-5-6(8(10)11)3-2-4-7(5)9(12)13;/h10H,7-9H2,1-6H3;2-4H,1H3,(H,10,11)(H,12,13);1H. The van der Waals surface area contributed by atoms with Gasteiger partial charge in [0.2, 0.25) is 0 Å². The number of aliphatic imine (C=N–C) groups is 1. The third-order valence-electron chi connectivity index (χ3n) is 4.56. The Kier molecular flexibility index (Phi) is 9.38. The Morgan fingerprint density at radius 2 is 1.36 bits per heavy atom. The van der Waals surface area contributed by atoms with E-state index in [0.717, 1.165) is 0 Å². The summed E-state index contributed by atoms with van der Waals surface area (Å²) in [6, 6.07) is 4.63. The van der Waals surface area contributed by atoms with Crippen LogP contribution in [0.4, 0.5) is 0 Å². The van der Waals surface area contributed by atoms with Gasteiger partial charge in [-0.05, 0) is 68.6 Å². The van der Waals surface area contributed by atoms with Crippen LogP contribution in [0.5, 0.6) is 0 Å². The molecule has 1 aliphatic carbocycles. The minimum Gasteiger partial charge on any atom is -0.478 e. The summed E-state index contributed by atoms with van der Waals surface area (Å²) < 4.78 is 0. The predicted molar refractivity (Wildman–Crippen MR) is 116 cm³/mol. The van der Waals surface area contributed by atoms with E-state index in [-0.39, 0.29) is 29.1 Å². The highest BCUT2D eigenvalue weighted by Gasteiger charge is 2.36. The summed E-state index contributed by atoms with van der Waals surface area (Å²) >= 11 is 0. The molecule has 0 heterocycles. The second-order valence-electron chi connectivity index (χ2n) is 9.24. The smallest absolute Gasteiger partial charge is 0.335 e. The number of hydrogen-bond acceptors (Lipinski definition) is 3. The normalized spacial score (nSPS) is 17.1.